The first-order valence-corrected chi connectivity index (χ1v) is 9.81. The number of benzene rings is 1. The second-order valence-corrected chi connectivity index (χ2v) is 8.02. The van der Waals surface area contributed by atoms with Crippen LogP contribution >= 0.6 is 35.3 Å². The van der Waals surface area contributed by atoms with E-state index in [-0.39, 0.29) is 18.4 Å². The molecule has 0 bridgehead atoms. The zero-order chi connectivity index (χ0) is 18.5. The van der Waals surface area contributed by atoms with Gasteiger partial charge in [-0.15, -0.1) is 11.3 Å². The molecular formula is C18H15N3O2S3. The maximum absolute atomic E-state index is 12.6. The number of allylic oxidation sites excluding steroid dienone is 2. The summed E-state index contributed by atoms with van der Waals surface area (Å²) in [7, 11) is 0. The Kier molecular flexibility index (Phi) is 5.97. The first kappa shape index (κ1) is 18.5. The summed E-state index contributed by atoms with van der Waals surface area (Å²) < 4.78 is 0.378. The van der Waals surface area contributed by atoms with Gasteiger partial charge in [-0.1, -0.05) is 60.4 Å². The Morgan fingerprint density at radius 2 is 2.12 bits per heavy atom. The average Bonchev–Trinajstić information content (AvgIpc) is 3.20. The molecule has 1 aliphatic rings. The molecule has 26 heavy (non-hydrogen) atoms. The fourth-order valence-electron chi connectivity index (χ4n) is 2.28. The van der Waals surface area contributed by atoms with E-state index in [4.69, 9.17) is 12.2 Å². The molecule has 0 unspecified atom stereocenters. The smallest absolute Gasteiger partial charge is 0.266 e. The molecule has 2 amide bonds. The van der Waals surface area contributed by atoms with E-state index in [1.165, 1.54) is 28.0 Å². The van der Waals surface area contributed by atoms with Gasteiger partial charge in [-0.3, -0.25) is 14.5 Å². The van der Waals surface area contributed by atoms with Gasteiger partial charge in [0, 0.05) is 11.6 Å². The van der Waals surface area contributed by atoms with Gasteiger partial charge >= 0.3 is 0 Å². The van der Waals surface area contributed by atoms with E-state index in [9.17, 15) is 9.59 Å². The number of nitrogens with one attached hydrogen (secondary N) is 1. The zero-order valence-corrected chi connectivity index (χ0v) is 16.3. The lowest BCUT2D eigenvalue weighted by Crippen LogP contribution is -2.36. The standard InChI is InChI=1S/C18H15N3O2S3/c1-12(9-13-5-3-2-4-6-13)10-14-16(23)21(18(24)26-14)11-15(22)20-17-19-7-8-25-17/h2-10H,11H2,1H3,(H,19,20,22). The molecule has 1 aromatic carbocycles. The summed E-state index contributed by atoms with van der Waals surface area (Å²) in [6.07, 6.45) is 5.39. The number of thioether (sulfide) groups is 1. The fraction of sp³-hybridized carbons (Fsp3) is 0.111. The monoisotopic (exact) mass is 401 g/mol. The van der Waals surface area contributed by atoms with E-state index in [2.05, 4.69) is 10.3 Å². The van der Waals surface area contributed by atoms with E-state index in [0.717, 1.165) is 11.1 Å². The molecule has 3 rings (SSSR count). The van der Waals surface area contributed by atoms with Gasteiger partial charge in [0.05, 0.1) is 4.91 Å². The van der Waals surface area contributed by atoms with Crippen LogP contribution in [0, 0.1) is 0 Å². The molecule has 8 heteroatoms. The number of anilines is 1. The number of thiocarbonyl (C=S) groups is 1. The minimum absolute atomic E-state index is 0.122. The molecule has 2 aromatic rings. The number of thiazole rings is 1. The number of aromatic nitrogens is 1. The van der Waals surface area contributed by atoms with Gasteiger partial charge in [-0.2, -0.15) is 0 Å². The molecule has 1 aromatic heterocycles. The Morgan fingerprint density at radius 3 is 2.81 bits per heavy atom. The summed E-state index contributed by atoms with van der Waals surface area (Å²) >= 11 is 7.78. The number of carbonyl (C=O) groups is 2. The van der Waals surface area contributed by atoms with E-state index in [1.54, 1.807) is 17.7 Å². The summed E-state index contributed by atoms with van der Waals surface area (Å²) in [5, 5.41) is 4.91. The minimum atomic E-state index is -0.325. The van der Waals surface area contributed by atoms with Crippen molar-refractivity contribution in [2.75, 3.05) is 11.9 Å². The van der Waals surface area contributed by atoms with Crippen molar-refractivity contribution < 1.29 is 9.59 Å². The Hall–Kier alpha value is -2.29. The van der Waals surface area contributed by atoms with Crippen LogP contribution in [0.25, 0.3) is 6.08 Å². The van der Waals surface area contributed by atoms with Crippen LogP contribution in [0.2, 0.25) is 0 Å². The molecule has 1 saturated heterocycles. The van der Waals surface area contributed by atoms with E-state index >= 15 is 0 Å². The van der Waals surface area contributed by atoms with Crippen molar-refractivity contribution >= 4 is 62.7 Å². The van der Waals surface area contributed by atoms with Gasteiger partial charge < -0.3 is 5.32 Å². The lowest BCUT2D eigenvalue weighted by molar-refractivity contribution is -0.126. The minimum Gasteiger partial charge on any atom is -0.300 e. The molecule has 132 valence electrons. The predicted molar refractivity (Wildman–Crippen MR) is 111 cm³/mol. The quantitative estimate of drug-likeness (QED) is 0.608. The average molecular weight is 402 g/mol. The molecule has 0 atom stereocenters. The highest BCUT2D eigenvalue weighted by atomic mass is 32.2. The van der Waals surface area contributed by atoms with Gasteiger partial charge in [-0.05, 0) is 24.1 Å². The number of hydrogen-bond donors (Lipinski definition) is 1. The van der Waals surface area contributed by atoms with Crippen LogP contribution < -0.4 is 5.32 Å². The van der Waals surface area contributed by atoms with E-state index < -0.39 is 0 Å². The van der Waals surface area contributed by atoms with Gasteiger partial charge in [-0.25, -0.2) is 4.98 Å². The molecule has 2 heterocycles. The molecule has 0 spiro atoms. The van der Waals surface area contributed by atoms with E-state index in [1.807, 2.05) is 43.3 Å². The first-order valence-electron chi connectivity index (χ1n) is 7.71. The van der Waals surface area contributed by atoms with Crippen molar-refractivity contribution in [3.8, 4) is 0 Å². The van der Waals surface area contributed by atoms with Gasteiger partial charge in [0.1, 0.15) is 10.9 Å². The molecule has 1 fully saturated rings. The number of amides is 2. The highest BCUT2D eigenvalue weighted by Gasteiger charge is 2.33. The number of hydrogen-bond acceptors (Lipinski definition) is 6. The van der Waals surface area contributed by atoms with Crippen LogP contribution in [0.1, 0.15) is 12.5 Å². The Morgan fingerprint density at radius 1 is 1.35 bits per heavy atom. The van der Waals surface area contributed by atoms with Gasteiger partial charge in [0.2, 0.25) is 5.91 Å². The third-order valence-electron chi connectivity index (χ3n) is 3.41. The largest absolute Gasteiger partial charge is 0.300 e. The molecule has 1 N–H and O–H groups in total. The second kappa shape index (κ2) is 8.39. The van der Waals surface area contributed by atoms with Crippen molar-refractivity contribution in [3.63, 3.8) is 0 Å². The number of carbonyl (C=O) groups excluding carboxylic acids is 2. The van der Waals surface area contributed by atoms with Crippen molar-refractivity contribution in [2.45, 2.75) is 6.92 Å². The molecule has 1 aliphatic heterocycles. The van der Waals surface area contributed by atoms with Crippen LogP contribution in [0.3, 0.4) is 0 Å². The lowest BCUT2D eigenvalue weighted by Gasteiger charge is -2.13. The highest BCUT2D eigenvalue weighted by Crippen LogP contribution is 2.32. The maximum atomic E-state index is 12.6. The van der Waals surface area contributed by atoms with Crippen molar-refractivity contribution in [1.29, 1.82) is 0 Å². The predicted octanol–water partition coefficient (Wildman–Crippen LogP) is 3.93. The molecular weight excluding hydrogens is 386 g/mol. The molecule has 0 radical (unpaired) electrons. The summed E-state index contributed by atoms with van der Waals surface area (Å²) in [5.41, 5.74) is 1.99. The third-order valence-corrected chi connectivity index (χ3v) is 5.47. The molecule has 0 saturated carbocycles. The summed E-state index contributed by atoms with van der Waals surface area (Å²) in [5.74, 6) is -0.579. The molecule has 0 aliphatic carbocycles. The molecule has 5 nitrogen and oxygen atoms in total. The van der Waals surface area contributed by atoms with Crippen molar-refractivity contribution in [3.05, 3.63) is 64.0 Å². The number of rotatable bonds is 5. The SMILES string of the molecule is CC(=Cc1ccccc1)C=C1SC(=S)N(CC(=O)Nc2nccs2)C1=O. The van der Waals surface area contributed by atoms with Gasteiger partial charge in [0.25, 0.3) is 5.91 Å². The van der Waals surface area contributed by atoms with E-state index in [0.29, 0.717) is 14.4 Å². The van der Waals surface area contributed by atoms with Gasteiger partial charge in [0.15, 0.2) is 5.13 Å². The Labute approximate surface area is 164 Å². The topological polar surface area (TPSA) is 62.3 Å². The van der Waals surface area contributed by atoms with Crippen LogP contribution in [0.15, 0.2) is 58.5 Å². The van der Waals surface area contributed by atoms with Crippen LogP contribution in [0.5, 0.6) is 0 Å². The maximum Gasteiger partial charge on any atom is 0.266 e. The Balaban J connectivity index is 1.68. The zero-order valence-electron chi connectivity index (χ0n) is 13.8. The second-order valence-electron chi connectivity index (χ2n) is 5.45. The Bertz CT molecular complexity index is 890. The first-order chi connectivity index (χ1) is 12.5. The lowest BCUT2D eigenvalue weighted by atomic mass is 10.1. The van der Waals surface area contributed by atoms with Crippen molar-refractivity contribution in [1.82, 2.24) is 9.88 Å². The number of nitrogens with zero attached hydrogens (tertiary/aromatic N) is 2. The van der Waals surface area contributed by atoms with Crippen LogP contribution in [0.4, 0.5) is 5.13 Å². The van der Waals surface area contributed by atoms with Crippen LogP contribution in [-0.4, -0.2) is 32.6 Å². The third kappa shape index (κ3) is 4.66. The van der Waals surface area contributed by atoms with Crippen molar-refractivity contribution in [2.24, 2.45) is 0 Å². The summed E-state index contributed by atoms with van der Waals surface area (Å²) in [6, 6.07) is 9.85. The van der Waals surface area contributed by atoms with Crippen LogP contribution in [-0.2, 0) is 9.59 Å². The fourth-order valence-corrected chi connectivity index (χ4v) is 4.13. The highest BCUT2D eigenvalue weighted by molar-refractivity contribution is 8.26. The summed E-state index contributed by atoms with van der Waals surface area (Å²) in [6.45, 7) is 1.80. The normalized spacial score (nSPS) is 16.4. The summed E-state index contributed by atoms with van der Waals surface area (Å²) in [4.78, 5) is 30.5.